The fraction of sp³-hybridized carbons (Fsp3) is 0.583. The first-order chi connectivity index (χ1) is 8.18. The standard InChI is InChI=1S/C12H15ClN2O2/c1-7-10-5-14-4-8(10)6-15(7)12(16)9-2-3-17-11(9)13/h2-3,7-8,10,14H,4-6H2,1H3. The van der Waals surface area contributed by atoms with E-state index in [0.29, 0.717) is 17.4 Å². The van der Waals surface area contributed by atoms with Gasteiger partial charge in [-0.2, -0.15) is 0 Å². The Morgan fingerprint density at radius 2 is 2.41 bits per heavy atom. The van der Waals surface area contributed by atoms with Crippen molar-refractivity contribution in [2.45, 2.75) is 13.0 Å². The first-order valence-electron chi connectivity index (χ1n) is 5.93. The molecule has 0 spiro atoms. The zero-order valence-electron chi connectivity index (χ0n) is 9.65. The molecule has 2 aliphatic heterocycles. The maximum Gasteiger partial charge on any atom is 0.258 e. The number of nitrogens with one attached hydrogen (secondary N) is 1. The zero-order chi connectivity index (χ0) is 12.0. The monoisotopic (exact) mass is 254 g/mol. The lowest BCUT2D eigenvalue weighted by molar-refractivity contribution is 0.0728. The van der Waals surface area contributed by atoms with Gasteiger partial charge in [-0.3, -0.25) is 4.79 Å². The number of rotatable bonds is 1. The highest BCUT2D eigenvalue weighted by atomic mass is 35.5. The Balaban J connectivity index is 1.82. The third kappa shape index (κ3) is 1.67. The smallest absolute Gasteiger partial charge is 0.258 e. The molecule has 0 saturated carbocycles. The number of hydrogen-bond donors (Lipinski definition) is 1. The van der Waals surface area contributed by atoms with Crippen molar-refractivity contribution in [3.63, 3.8) is 0 Å². The van der Waals surface area contributed by atoms with Gasteiger partial charge in [-0.15, -0.1) is 0 Å². The lowest BCUT2D eigenvalue weighted by atomic mass is 9.95. The van der Waals surface area contributed by atoms with Crippen molar-refractivity contribution in [1.82, 2.24) is 10.2 Å². The predicted octanol–water partition coefficient (Wildman–Crippen LogP) is 1.61. The van der Waals surface area contributed by atoms with Crippen LogP contribution in [0.3, 0.4) is 0 Å². The summed E-state index contributed by atoms with van der Waals surface area (Å²) in [4.78, 5) is 14.3. The third-order valence-electron chi connectivity index (χ3n) is 4.04. The second-order valence-electron chi connectivity index (χ2n) is 4.89. The highest BCUT2D eigenvalue weighted by Gasteiger charge is 2.44. The Labute approximate surface area is 105 Å². The molecule has 1 N–H and O–H groups in total. The van der Waals surface area contributed by atoms with E-state index in [4.69, 9.17) is 16.0 Å². The summed E-state index contributed by atoms with van der Waals surface area (Å²) in [6.07, 6.45) is 1.46. The van der Waals surface area contributed by atoms with Gasteiger partial charge in [0.2, 0.25) is 5.22 Å². The number of carbonyl (C=O) groups is 1. The number of likely N-dealkylation sites (tertiary alicyclic amines) is 1. The van der Waals surface area contributed by atoms with Crippen LogP contribution in [-0.4, -0.2) is 36.5 Å². The van der Waals surface area contributed by atoms with E-state index >= 15 is 0 Å². The van der Waals surface area contributed by atoms with Gasteiger partial charge in [0.05, 0.1) is 11.8 Å². The minimum Gasteiger partial charge on any atom is -0.452 e. The fourth-order valence-electron chi connectivity index (χ4n) is 3.04. The van der Waals surface area contributed by atoms with Crippen LogP contribution in [-0.2, 0) is 0 Å². The number of hydrogen-bond acceptors (Lipinski definition) is 3. The molecule has 4 nitrogen and oxygen atoms in total. The summed E-state index contributed by atoms with van der Waals surface area (Å²) in [6.45, 7) is 4.95. The summed E-state index contributed by atoms with van der Waals surface area (Å²) in [5, 5.41) is 3.57. The molecule has 2 saturated heterocycles. The van der Waals surface area contributed by atoms with E-state index in [1.54, 1.807) is 6.07 Å². The van der Waals surface area contributed by atoms with Gasteiger partial charge < -0.3 is 14.6 Å². The summed E-state index contributed by atoms with van der Waals surface area (Å²) in [7, 11) is 0. The highest BCUT2D eigenvalue weighted by molar-refractivity contribution is 6.32. The summed E-state index contributed by atoms with van der Waals surface area (Å²) in [5.41, 5.74) is 0.478. The molecule has 0 aromatic carbocycles. The number of carbonyl (C=O) groups excluding carboxylic acids is 1. The van der Waals surface area contributed by atoms with E-state index in [0.717, 1.165) is 19.6 Å². The van der Waals surface area contributed by atoms with Crippen LogP contribution in [0.5, 0.6) is 0 Å². The average Bonchev–Trinajstić information content (AvgIpc) is 2.96. The average molecular weight is 255 g/mol. The third-order valence-corrected chi connectivity index (χ3v) is 4.34. The summed E-state index contributed by atoms with van der Waals surface area (Å²) < 4.78 is 4.98. The first-order valence-corrected chi connectivity index (χ1v) is 6.31. The molecule has 1 aromatic rings. The van der Waals surface area contributed by atoms with Gasteiger partial charge in [-0.05, 0) is 36.4 Å². The van der Waals surface area contributed by atoms with E-state index in [1.807, 2.05) is 4.90 Å². The number of fused-ring (bicyclic) bond motifs is 1. The lowest BCUT2D eigenvalue weighted by Crippen LogP contribution is -2.38. The predicted molar refractivity (Wildman–Crippen MR) is 64.1 cm³/mol. The number of amides is 1. The van der Waals surface area contributed by atoms with Gasteiger partial charge in [0.15, 0.2) is 0 Å². The number of nitrogens with zero attached hydrogens (tertiary/aromatic N) is 1. The molecule has 5 heteroatoms. The molecular weight excluding hydrogens is 240 g/mol. The molecule has 2 fully saturated rings. The van der Waals surface area contributed by atoms with Crippen molar-refractivity contribution in [2.24, 2.45) is 11.8 Å². The Bertz CT molecular complexity index is 445. The van der Waals surface area contributed by atoms with Crippen molar-refractivity contribution in [3.05, 3.63) is 23.1 Å². The van der Waals surface area contributed by atoms with Crippen LogP contribution in [0.1, 0.15) is 17.3 Å². The number of halogens is 1. The summed E-state index contributed by atoms with van der Waals surface area (Å²) >= 11 is 5.85. The van der Waals surface area contributed by atoms with Crippen molar-refractivity contribution in [3.8, 4) is 0 Å². The maximum absolute atomic E-state index is 12.3. The maximum atomic E-state index is 12.3. The van der Waals surface area contributed by atoms with Crippen LogP contribution in [0.2, 0.25) is 5.22 Å². The van der Waals surface area contributed by atoms with Crippen LogP contribution in [0, 0.1) is 11.8 Å². The molecule has 17 heavy (non-hydrogen) atoms. The molecule has 3 atom stereocenters. The lowest BCUT2D eigenvalue weighted by Gasteiger charge is -2.24. The normalized spacial score (nSPS) is 31.9. The molecule has 2 aliphatic rings. The SMILES string of the molecule is CC1C2CNCC2CN1C(=O)c1ccoc1Cl. The molecule has 3 unspecified atom stereocenters. The minimum atomic E-state index is -0.00866. The second kappa shape index (κ2) is 4.03. The molecule has 1 aromatic heterocycles. The molecule has 0 aliphatic carbocycles. The van der Waals surface area contributed by atoms with Crippen molar-refractivity contribution in [1.29, 1.82) is 0 Å². The zero-order valence-corrected chi connectivity index (χ0v) is 10.4. The Morgan fingerprint density at radius 1 is 1.59 bits per heavy atom. The second-order valence-corrected chi connectivity index (χ2v) is 5.23. The van der Waals surface area contributed by atoms with Crippen molar-refractivity contribution >= 4 is 17.5 Å². The molecule has 3 rings (SSSR count). The quantitative estimate of drug-likeness (QED) is 0.828. The summed E-state index contributed by atoms with van der Waals surface area (Å²) in [6, 6.07) is 1.91. The van der Waals surface area contributed by atoms with Gasteiger partial charge in [0.1, 0.15) is 0 Å². The van der Waals surface area contributed by atoms with E-state index in [2.05, 4.69) is 12.2 Å². The molecule has 0 radical (unpaired) electrons. The van der Waals surface area contributed by atoms with Gasteiger partial charge in [-0.1, -0.05) is 0 Å². The van der Waals surface area contributed by atoms with E-state index < -0.39 is 0 Å². The van der Waals surface area contributed by atoms with Crippen molar-refractivity contribution < 1.29 is 9.21 Å². The van der Waals surface area contributed by atoms with Gasteiger partial charge in [0.25, 0.3) is 5.91 Å². The fourth-order valence-corrected chi connectivity index (χ4v) is 3.23. The molecule has 3 heterocycles. The van der Waals surface area contributed by atoms with Crippen LogP contribution in [0.15, 0.2) is 16.7 Å². The van der Waals surface area contributed by atoms with E-state index in [9.17, 15) is 4.79 Å². The van der Waals surface area contributed by atoms with Crippen LogP contribution in [0.4, 0.5) is 0 Å². The Morgan fingerprint density at radius 3 is 3.06 bits per heavy atom. The largest absolute Gasteiger partial charge is 0.452 e. The van der Waals surface area contributed by atoms with Crippen LogP contribution >= 0.6 is 11.6 Å². The Kier molecular flexibility index (Phi) is 2.64. The molecule has 92 valence electrons. The highest BCUT2D eigenvalue weighted by Crippen LogP contribution is 2.34. The molecular formula is C12H15ClN2O2. The summed E-state index contributed by atoms with van der Waals surface area (Å²) in [5.74, 6) is 1.15. The van der Waals surface area contributed by atoms with Gasteiger partial charge in [-0.25, -0.2) is 0 Å². The number of furan rings is 1. The van der Waals surface area contributed by atoms with Crippen LogP contribution in [0.25, 0.3) is 0 Å². The topological polar surface area (TPSA) is 45.5 Å². The minimum absolute atomic E-state index is 0.00866. The van der Waals surface area contributed by atoms with Crippen molar-refractivity contribution in [2.75, 3.05) is 19.6 Å². The molecule has 0 bridgehead atoms. The Hall–Kier alpha value is -1.00. The van der Waals surface area contributed by atoms with Crippen LogP contribution < -0.4 is 5.32 Å². The van der Waals surface area contributed by atoms with E-state index in [1.165, 1.54) is 6.26 Å². The van der Waals surface area contributed by atoms with Gasteiger partial charge in [0, 0.05) is 25.7 Å². The first kappa shape index (κ1) is 11.1. The molecule has 1 amide bonds. The van der Waals surface area contributed by atoms with E-state index in [-0.39, 0.29) is 17.2 Å². The van der Waals surface area contributed by atoms with Gasteiger partial charge >= 0.3 is 0 Å².